The molecule has 2 atom stereocenters. The minimum Gasteiger partial charge on any atom is -0.444 e. The third-order valence-corrected chi connectivity index (χ3v) is 4.45. The van der Waals surface area contributed by atoms with Crippen LogP contribution in [0.3, 0.4) is 0 Å². The maximum Gasteiger partial charge on any atom is 0.410 e. The number of allylic oxidation sites excluding steroid dienone is 1. The zero-order valence-corrected chi connectivity index (χ0v) is 14.1. The third-order valence-electron chi connectivity index (χ3n) is 4.45. The Bertz CT molecular complexity index is 428. The number of likely N-dealkylation sites (tertiary alicyclic amines) is 1. The molecule has 0 aromatic carbocycles. The first-order valence-corrected chi connectivity index (χ1v) is 8.55. The molecule has 22 heavy (non-hydrogen) atoms. The molecular weight excluding hydrogens is 278 g/mol. The summed E-state index contributed by atoms with van der Waals surface area (Å²) in [6.07, 6.45) is 10.6. The first-order valence-electron chi connectivity index (χ1n) is 8.55. The third kappa shape index (κ3) is 4.59. The van der Waals surface area contributed by atoms with E-state index in [-0.39, 0.29) is 18.1 Å². The summed E-state index contributed by atoms with van der Waals surface area (Å²) in [6, 6.07) is -0.0400. The summed E-state index contributed by atoms with van der Waals surface area (Å²) in [5.41, 5.74) is 0.891. The second-order valence-electron chi connectivity index (χ2n) is 7.48. The van der Waals surface area contributed by atoms with E-state index >= 15 is 0 Å². The summed E-state index contributed by atoms with van der Waals surface area (Å²) in [6.45, 7) is 6.30. The molecule has 1 amide bonds. The molecule has 1 saturated carbocycles. The van der Waals surface area contributed by atoms with Gasteiger partial charge >= 0.3 is 6.09 Å². The average molecular weight is 307 g/mol. The molecule has 0 spiro atoms. The number of amides is 1. The Kier molecular flexibility index (Phi) is 5.65. The number of carbonyl (C=O) groups excluding carboxylic acids is 2. The normalized spacial score (nSPS) is 24.0. The molecule has 124 valence electrons. The van der Waals surface area contributed by atoms with Gasteiger partial charge in [-0.3, -0.25) is 0 Å². The minimum atomic E-state index is -0.497. The van der Waals surface area contributed by atoms with Crippen LogP contribution in [0.25, 0.3) is 0 Å². The number of rotatable bonds is 3. The molecule has 0 radical (unpaired) electrons. The Labute approximate surface area is 133 Å². The highest BCUT2D eigenvalue weighted by molar-refractivity contribution is 5.70. The molecule has 2 rings (SSSR count). The first-order chi connectivity index (χ1) is 10.4. The van der Waals surface area contributed by atoms with Crippen molar-refractivity contribution in [2.24, 2.45) is 5.92 Å². The van der Waals surface area contributed by atoms with Crippen LogP contribution >= 0.6 is 0 Å². The van der Waals surface area contributed by atoms with E-state index in [1.54, 1.807) is 4.90 Å². The fraction of sp³-hybridized carbons (Fsp3) is 0.778. The van der Waals surface area contributed by atoms with Gasteiger partial charge in [-0.15, -0.1) is 0 Å². The van der Waals surface area contributed by atoms with Crippen LogP contribution in [0.1, 0.15) is 65.7 Å². The lowest BCUT2D eigenvalue weighted by Gasteiger charge is -2.30. The van der Waals surface area contributed by atoms with Crippen LogP contribution in [0.2, 0.25) is 0 Å². The van der Waals surface area contributed by atoms with Crippen LogP contribution in [0.4, 0.5) is 4.79 Å². The maximum absolute atomic E-state index is 12.4. The summed E-state index contributed by atoms with van der Waals surface area (Å²) in [7, 11) is 0. The van der Waals surface area contributed by atoms with E-state index in [0.717, 1.165) is 32.0 Å². The second kappa shape index (κ2) is 7.30. The van der Waals surface area contributed by atoms with E-state index in [0.29, 0.717) is 6.54 Å². The number of hydrogen-bond acceptors (Lipinski definition) is 3. The molecule has 1 saturated heterocycles. The highest BCUT2D eigenvalue weighted by Crippen LogP contribution is 2.30. The average Bonchev–Trinajstić information content (AvgIpc) is 2.93. The van der Waals surface area contributed by atoms with Crippen molar-refractivity contribution in [3.05, 3.63) is 11.6 Å². The van der Waals surface area contributed by atoms with Crippen LogP contribution in [0, 0.1) is 5.92 Å². The Morgan fingerprint density at radius 2 is 1.91 bits per heavy atom. The molecular formula is C18H29NO3. The van der Waals surface area contributed by atoms with E-state index in [1.807, 2.05) is 20.8 Å². The number of ether oxygens (including phenoxy) is 1. The van der Waals surface area contributed by atoms with Gasteiger partial charge in [-0.05, 0) is 59.3 Å². The summed E-state index contributed by atoms with van der Waals surface area (Å²) in [5.74, 6) is -0.192. The largest absolute Gasteiger partial charge is 0.444 e. The fourth-order valence-electron chi connectivity index (χ4n) is 3.43. The first kappa shape index (κ1) is 17.0. The molecule has 4 heteroatoms. The Balaban J connectivity index is 2.06. The molecule has 0 aromatic heterocycles. The second-order valence-corrected chi connectivity index (χ2v) is 7.48. The van der Waals surface area contributed by atoms with Gasteiger partial charge in [-0.1, -0.05) is 18.1 Å². The zero-order valence-electron chi connectivity index (χ0n) is 14.1. The molecule has 4 nitrogen and oxygen atoms in total. The highest BCUT2D eigenvalue weighted by atomic mass is 16.6. The fourth-order valence-corrected chi connectivity index (χ4v) is 3.43. The van der Waals surface area contributed by atoms with Gasteiger partial charge in [0.15, 0.2) is 0 Å². The van der Waals surface area contributed by atoms with Gasteiger partial charge in [0.25, 0.3) is 0 Å². The van der Waals surface area contributed by atoms with Crippen molar-refractivity contribution in [1.82, 2.24) is 4.90 Å². The van der Waals surface area contributed by atoms with Gasteiger partial charge in [0.1, 0.15) is 11.9 Å². The minimum absolute atomic E-state index is 0.0400. The van der Waals surface area contributed by atoms with Gasteiger partial charge in [-0.25, -0.2) is 4.79 Å². The van der Waals surface area contributed by atoms with Crippen LogP contribution < -0.4 is 0 Å². The zero-order chi connectivity index (χ0) is 16.2. The Morgan fingerprint density at radius 1 is 1.23 bits per heavy atom. The van der Waals surface area contributed by atoms with E-state index in [4.69, 9.17) is 4.74 Å². The van der Waals surface area contributed by atoms with Gasteiger partial charge < -0.3 is 14.4 Å². The lowest BCUT2D eigenvalue weighted by atomic mass is 9.89. The Morgan fingerprint density at radius 3 is 2.50 bits per heavy atom. The van der Waals surface area contributed by atoms with Crippen molar-refractivity contribution in [3.63, 3.8) is 0 Å². The van der Waals surface area contributed by atoms with Crippen LogP contribution in [-0.2, 0) is 9.53 Å². The summed E-state index contributed by atoms with van der Waals surface area (Å²) in [4.78, 5) is 25.7. The van der Waals surface area contributed by atoms with Gasteiger partial charge in [0, 0.05) is 12.6 Å². The molecule has 2 aliphatic rings. The lowest BCUT2D eigenvalue weighted by molar-refractivity contribution is -0.111. The SMILES string of the molecule is CC(C)(C)OC(=O)N1CCC[C@@H]1[C@@H](C=O)C=C1CCCCC1. The molecule has 1 aliphatic carbocycles. The van der Waals surface area contributed by atoms with E-state index in [9.17, 15) is 9.59 Å². The highest BCUT2D eigenvalue weighted by Gasteiger charge is 2.36. The van der Waals surface area contributed by atoms with Crippen molar-refractivity contribution < 1.29 is 14.3 Å². The summed E-state index contributed by atoms with van der Waals surface area (Å²) in [5, 5.41) is 0. The molecule has 0 unspecified atom stereocenters. The molecule has 2 fully saturated rings. The molecule has 0 N–H and O–H groups in total. The number of nitrogens with zero attached hydrogens (tertiary/aromatic N) is 1. The van der Waals surface area contributed by atoms with E-state index in [2.05, 4.69) is 6.08 Å². The standard InChI is InChI=1S/C18H29NO3/c1-18(2,3)22-17(21)19-11-7-10-16(19)15(13-20)12-14-8-5-4-6-9-14/h12-13,15-16H,4-11H2,1-3H3/t15-,16-/m1/s1. The topological polar surface area (TPSA) is 46.6 Å². The van der Waals surface area contributed by atoms with Crippen LogP contribution in [0.5, 0.6) is 0 Å². The van der Waals surface area contributed by atoms with Crippen molar-refractivity contribution in [2.75, 3.05) is 6.54 Å². The number of carbonyl (C=O) groups is 2. The van der Waals surface area contributed by atoms with Gasteiger partial charge in [0.2, 0.25) is 0 Å². The maximum atomic E-state index is 12.4. The van der Waals surface area contributed by atoms with E-state index < -0.39 is 5.60 Å². The summed E-state index contributed by atoms with van der Waals surface area (Å²) >= 11 is 0. The predicted molar refractivity (Wildman–Crippen MR) is 86.7 cm³/mol. The predicted octanol–water partition coefficient (Wildman–Crippen LogP) is 4.09. The van der Waals surface area contributed by atoms with Gasteiger partial charge in [-0.2, -0.15) is 0 Å². The molecule has 0 aromatic rings. The van der Waals surface area contributed by atoms with Crippen molar-refractivity contribution in [1.29, 1.82) is 0 Å². The molecule has 1 aliphatic heterocycles. The number of hydrogen-bond donors (Lipinski definition) is 0. The molecule has 0 bridgehead atoms. The Hall–Kier alpha value is -1.32. The number of aldehydes is 1. The monoisotopic (exact) mass is 307 g/mol. The van der Waals surface area contributed by atoms with Crippen LogP contribution in [0.15, 0.2) is 11.6 Å². The molecule has 1 heterocycles. The summed E-state index contributed by atoms with van der Waals surface area (Å²) < 4.78 is 5.49. The van der Waals surface area contributed by atoms with Gasteiger partial charge in [0.05, 0.1) is 5.92 Å². The lowest BCUT2D eigenvalue weighted by Crippen LogP contribution is -2.43. The van der Waals surface area contributed by atoms with E-state index in [1.165, 1.54) is 24.8 Å². The van der Waals surface area contributed by atoms with Crippen molar-refractivity contribution in [2.45, 2.75) is 77.4 Å². The quantitative estimate of drug-likeness (QED) is 0.583. The smallest absolute Gasteiger partial charge is 0.410 e. The van der Waals surface area contributed by atoms with Crippen LogP contribution in [-0.4, -0.2) is 35.5 Å². The van der Waals surface area contributed by atoms with Crippen molar-refractivity contribution >= 4 is 12.4 Å². The van der Waals surface area contributed by atoms with Crippen molar-refractivity contribution in [3.8, 4) is 0 Å².